The van der Waals surface area contributed by atoms with E-state index in [2.05, 4.69) is 34.1 Å². The van der Waals surface area contributed by atoms with Crippen LogP contribution in [0.25, 0.3) is 0 Å². The highest BCUT2D eigenvalue weighted by atomic mass is 16.6. The number of hydrogen-bond acceptors (Lipinski definition) is 4. The Morgan fingerprint density at radius 1 is 1.14 bits per heavy atom. The smallest absolute Gasteiger partial charge is 0.410 e. The third-order valence-electron chi connectivity index (χ3n) is 6.16. The van der Waals surface area contributed by atoms with E-state index in [1.807, 2.05) is 20.8 Å². The maximum atomic E-state index is 12.4. The van der Waals surface area contributed by atoms with Gasteiger partial charge in [0.15, 0.2) is 0 Å². The molecule has 1 fully saturated rings. The summed E-state index contributed by atoms with van der Waals surface area (Å²) in [5, 5.41) is 0. The fourth-order valence-electron chi connectivity index (χ4n) is 4.65. The third-order valence-corrected chi connectivity index (χ3v) is 6.16. The fourth-order valence-corrected chi connectivity index (χ4v) is 4.65. The number of fused-ring (bicyclic) bond motifs is 2. The van der Waals surface area contributed by atoms with Crippen LogP contribution in [0.4, 0.5) is 4.79 Å². The Hall–Kier alpha value is -2.08. The molecule has 2 heterocycles. The number of hydrogen-bond donors (Lipinski definition) is 0. The molecule has 6 heteroatoms. The van der Waals surface area contributed by atoms with Crippen LogP contribution in [0.1, 0.15) is 51.7 Å². The summed E-state index contributed by atoms with van der Waals surface area (Å²) in [4.78, 5) is 30.7. The molecule has 2 amide bonds. The molecule has 0 N–H and O–H groups in total. The molecular formula is C23H35N3O3. The quantitative estimate of drug-likeness (QED) is 0.780. The maximum Gasteiger partial charge on any atom is 0.410 e. The molecule has 0 saturated carbocycles. The topological polar surface area (TPSA) is 53.1 Å². The molecule has 29 heavy (non-hydrogen) atoms. The number of amides is 2. The number of rotatable bonds is 3. The van der Waals surface area contributed by atoms with Crippen LogP contribution in [0.3, 0.4) is 0 Å². The van der Waals surface area contributed by atoms with Crippen molar-refractivity contribution in [3.8, 4) is 0 Å². The van der Waals surface area contributed by atoms with Gasteiger partial charge >= 0.3 is 6.09 Å². The van der Waals surface area contributed by atoms with E-state index in [9.17, 15) is 9.59 Å². The molecule has 160 valence electrons. The zero-order valence-corrected chi connectivity index (χ0v) is 18.5. The molecular weight excluding hydrogens is 366 g/mol. The van der Waals surface area contributed by atoms with Gasteiger partial charge < -0.3 is 19.4 Å². The van der Waals surface area contributed by atoms with E-state index in [1.54, 1.807) is 18.9 Å². The second kappa shape index (κ2) is 8.34. The molecule has 0 bridgehead atoms. The minimum atomic E-state index is -0.479. The number of piperidine rings is 1. The molecule has 1 aromatic carbocycles. The Morgan fingerprint density at radius 2 is 1.79 bits per heavy atom. The highest BCUT2D eigenvalue weighted by Gasteiger charge is 2.45. The number of likely N-dealkylation sites (tertiary alicyclic amines) is 1. The van der Waals surface area contributed by atoms with Crippen molar-refractivity contribution in [2.75, 3.05) is 39.8 Å². The van der Waals surface area contributed by atoms with Gasteiger partial charge in [-0.1, -0.05) is 24.3 Å². The SMILES string of the molecule is CC(=O)N1CCc2ccccc2C12CCN(CCN(C)C(=O)OC(C)(C)C)CC2. The molecule has 0 unspecified atom stereocenters. The summed E-state index contributed by atoms with van der Waals surface area (Å²) < 4.78 is 5.43. The van der Waals surface area contributed by atoms with E-state index in [1.165, 1.54) is 11.1 Å². The Kier molecular flexibility index (Phi) is 6.22. The molecule has 2 aliphatic heterocycles. The van der Waals surface area contributed by atoms with Crippen molar-refractivity contribution in [2.45, 2.75) is 58.1 Å². The van der Waals surface area contributed by atoms with Gasteiger partial charge in [-0.2, -0.15) is 0 Å². The van der Waals surface area contributed by atoms with E-state index in [-0.39, 0.29) is 17.5 Å². The van der Waals surface area contributed by atoms with E-state index in [0.717, 1.165) is 45.4 Å². The second-order valence-electron chi connectivity index (χ2n) is 9.35. The largest absolute Gasteiger partial charge is 0.444 e. The van der Waals surface area contributed by atoms with Gasteiger partial charge in [0.05, 0.1) is 5.54 Å². The van der Waals surface area contributed by atoms with Crippen molar-refractivity contribution in [2.24, 2.45) is 0 Å². The van der Waals surface area contributed by atoms with Crippen LogP contribution in [0.5, 0.6) is 0 Å². The number of carbonyl (C=O) groups excluding carboxylic acids is 2. The molecule has 0 radical (unpaired) electrons. The van der Waals surface area contributed by atoms with Crippen LogP contribution in [0.15, 0.2) is 24.3 Å². The van der Waals surface area contributed by atoms with Gasteiger partial charge in [0.1, 0.15) is 5.60 Å². The Bertz CT molecular complexity index is 748. The van der Waals surface area contributed by atoms with Crippen molar-refractivity contribution < 1.29 is 14.3 Å². The summed E-state index contributed by atoms with van der Waals surface area (Å²) in [7, 11) is 1.79. The van der Waals surface area contributed by atoms with Gasteiger partial charge in [-0.15, -0.1) is 0 Å². The Labute approximate surface area is 174 Å². The number of carbonyl (C=O) groups is 2. The number of benzene rings is 1. The molecule has 0 aliphatic carbocycles. The first-order valence-electron chi connectivity index (χ1n) is 10.7. The monoisotopic (exact) mass is 401 g/mol. The lowest BCUT2D eigenvalue weighted by Gasteiger charge is -2.52. The molecule has 6 nitrogen and oxygen atoms in total. The number of ether oxygens (including phenoxy) is 1. The Morgan fingerprint density at radius 3 is 2.41 bits per heavy atom. The number of likely N-dealkylation sites (N-methyl/N-ethyl adjacent to an activating group) is 1. The van der Waals surface area contributed by atoms with Crippen molar-refractivity contribution in [1.29, 1.82) is 0 Å². The van der Waals surface area contributed by atoms with Crippen LogP contribution in [-0.2, 0) is 21.5 Å². The Balaban J connectivity index is 1.63. The van der Waals surface area contributed by atoms with Gasteiger partial charge in [-0.05, 0) is 51.2 Å². The van der Waals surface area contributed by atoms with Gasteiger partial charge in [0.2, 0.25) is 5.91 Å². The van der Waals surface area contributed by atoms with Crippen molar-refractivity contribution in [1.82, 2.24) is 14.7 Å². The third kappa shape index (κ3) is 4.74. The fraction of sp³-hybridized carbons (Fsp3) is 0.652. The summed E-state index contributed by atoms with van der Waals surface area (Å²) in [6, 6.07) is 8.59. The predicted octanol–water partition coefficient (Wildman–Crippen LogP) is 3.25. The van der Waals surface area contributed by atoms with Crippen LogP contribution >= 0.6 is 0 Å². The van der Waals surface area contributed by atoms with E-state index in [4.69, 9.17) is 4.74 Å². The summed E-state index contributed by atoms with van der Waals surface area (Å²) in [6.45, 7) is 11.4. The summed E-state index contributed by atoms with van der Waals surface area (Å²) in [6.07, 6.45) is 2.51. The molecule has 2 aliphatic rings. The van der Waals surface area contributed by atoms with Crippen molar-refractivity contribution in [3.63, 3.8) is 0 Å². The van der Waals surface area contributed by atoms with Gasteiger partial charge in [-0.3, -0.25) is 4.79 Å². The van der Waals surface area contributed by atoms with Crippen LogP contribution in [0.2, 0.25) is 0 Å². The average molecular weight is 402 g/mol. The molecule has 3 rings (SSSR count). The minimum Gasteiger partial charge on any atom is -0.444 e. The van der Waals surface area contributed by atoms with E-state index in [0.29, 0.717) is 6.54 Å². The average Bonchev–Trinajstić information content (AvgIpc) is 2.66. The van der Waals surface area contributed by atoms with Crippen LogP contribution in [-0.4, -0.2) is 72.1 Å². The molecule has 1 saturated heterocycles. The second-order valence-corrected chi connectivity index (χ2v) is 9.35. The van der Waals surface area contributed by atoms with Crippen molar-refractivity contribution in [3.05, 3.63) is 35.4 Å². The van der Waals surface area contributed by atoms with Crippen LogP contribution < -0.4 is 0 Å². The van der Waals surface area contributed by atoms with Gasteiger partial charge in [0.25, 0.3) is 0 Å². The van der Waals surface area contributed by atoms with Gasteiger partial charge in [0, 0.05) is 46.7 Å². The number of nitrogens with zero attached hydrogens (tertiary/aromatic N) is 3. The lowest BCUT2D eigenvalue weighted by Crippen LogP contribution is -2.58. The summed E-state index contributed by atoms with van der Waals surface area (Å²) in [5.41, 5.74) is 2.04. The highest BCUT2D eigenvalue weighted by molar-refractivity contribution is 5.75. The van der Waals surface area contributed by atoms with E-state index >= 15 is 0 Å². The summed E-state index contributed by atoms with van der Waals surface area (Å²) in [5.74, 6) is 0.164. The zero-order chi connectivity index (χ0) is 21.2. The lowest BCUT2D eigenvalue weighted by molar-refractivity contribution is -0.139. The lowest BCUT2D eigenvalue weighted by atomic mass is 9.74. The predicted molar refractivity (Wildman–Crippen MR) is 114 cm³/mol. The first-order valence-corrected chi connectivity index (χ1v) is 10.7. The standard InChI is InChI=1S/C23H35N3O3/c1-18(27)26-13-10-19-8-6-7-9-20(19)23(26)11-14-25(15-12-23)17-16-24(5)21(28)29-22(2,3)4/h6-9H,10-17H2,1-5H3. The molecule has 0 aromatic heterocycles. The minimum absolute atomic E-state index is 0.164. The highest BCUT2D eigenvalue weighted by Crippen LogP contribution is 2.43. The molecule has 0 atom stereocenters. The van der Waals surface area contributed by atoms with Crippen LogP contribution in [0, 0.1) is 0 Å². The maximum absolute atomic E-state index is 12.4. The summed E-state index contributed by atoms with van der Waals surface area (Å²) >= 11 is 0. The van der Waals surface area contributed by atoms with E-state index < -0.39 is 5.60 Å². The first-order chi connectivity index (χ1) is 13.6. The molecule has 1 aromatic rings. The first kappa shape index (κ1) is 21.6. The van der Waals surface area contributed by atoms with Gasteiger partial charge in [-0.25, -0.2) is 4.79 Å². The normalized spacial score (nSPS) is 19.0. The molecule has 1 spiro atoms. The zero-order valence-electron chi connectivity index (χ0n) is 18.5. The van der Waals surface area contributed by atoms with Crippen molar-refractivity contribution >= 4 is 12.0 Å².